The van der Waals surface area contributed by atoms with Crippen LogP contribution in [0.3, 0.4) is 0 Å². The number of nitriles is 1. The number of rotatable bonds is 6. The van der Waals surface area contributed by atoms with Gasteiger partial charge in [-0.25, -0.2) is 18.2 Å². The first kappa shape index (κ1) is 20.5. The highest BCUT2D eigenvalue weighted by Gasteiger charge is 2.48. The van der Waals surface area contributed by atoms with Crippen molar-refractivity contribution in [1.29, 1.82) is 5.26 Å². The first-order valence-electron chi connectivity index (χ1n) is 9.43. The number of aromatic nitrogens is 4. The fourth-order valence-corrected chi connectivity index (χ4v) is 3.80. The van der Waals surface area contributed by atoms with Gasteiger partial charge < -0.3 is 10.1 Å². The molecule has 1 saturated carbocycles. The molecule has 2 heterocycles. The summed E-state index contributed by atoms with van der Waals surface area (Å²) < 4.78 is 47.5. The van der Waals surface area contributed by atoms with Crippen molar-refractivity contribution in [2.45, 2.75) is 24.4 Å². The Kier molecular flexibility index (Phi) is 5.42. The lowest BCUT2D eigenvalue weighted by molar-refractivity contribution is 0.0963. The predicted octanol–water partition coefficient (Wildman–Crippen LogP) is 3.57. The third kappa shape index (κ3) is 3.74. The number of nitrogens with zero attached hydrogens (tertiary/aromatic N) is 5. The van der Waals surface area contributed by atoms with Gasteiger partial charge in [-0.15, -0.1) is 10.2 Å². The minimum Gasteiger partial charge on any atom is -0.495 e. The van der Waals surface area contributed by atoms with Crippen LogP contribution in [-0.2, 0) is 5.41 Å². The van der Waals surface area contributed by atoms with Crippen LogP contribution < -0.4 is 10.1 Å². The fourth-order valence-electron chi connectivity index (χ4n) is 3.80. The number of hydrogen-bond donors (Lipinski definition) is 1. The van der Waals surface area contributed by atoms with E-state index < -0.39 is 23.2 Å². The van der Waals surface area contributed by atoms with Crippen LogP contribution in [0.2, 0.25) is 0 Å². The van der Waals surface area contributed by atoms with E-state index in [1.54, 1.807) is 0 Å². The zero-order chi connectivity index (χ0) is 22.0. The number of pyridine rings is 1. The Morgan fingerprint density at radius 3 is 2.61 bits per heavy atom. The van der Waals surface area contributed by atoms with Gasteiger partial charge in [-0.3, -0.25) is 4.98 Å². The largest absolute Gasteiger partial charge is 0.495 e. The number of nitrogens with one attached hydrogen (secondary N) is 1. The molecule has 1 aliphatic rings. The molecule has 0 bridgehead atoms. The van der Waals surface area contributed by atoms with E-state index in [1.165, 1.54) is 37.7 Å². The number of halogens is 3. The van der Waals surface area contributed by atoms with Crippen LogP contribution in [0, 0.1) is 23.0 Å². The van der Waals surface area contributed by atoms with Crippen LogP contribution >= 0.6 is 0 Å². The summed E-state index contributed by atoms with van der Waals surface area (Å²) in [7, 11) is 1.32. The Morgan fingerprint density at radius 2 is 2.00 bits per heavy atom. The van der Waals surface area contributed by atoms with E-state index in [-0.39, 0.29) is 53.6 Å². The second-order valence-electron chi connectivity index (χ2n) is 7.26. The van der Waals surface area contributed by atoms with Gasteiger partial charge in [-0.1, -0.05) is 0 Å². The standard InChI is InChI=1S/C21H17F3N6O/c1-31-18-12(9-25)4-5-14(23)17(18)16-10-27-20(30-29-16)28-11-21(7-13(22)8-21)19-15(24)3-2-6-26-19/h2-6,10,13H,7-8,11H2,1H3,(H,27,28,30). The molecule has 0 unspecified atom stereocenters. The van der Waals surface area contributed by atoms with Crippen molar-refractivity contribution in [3.63, 3.8) is 0 Å². The summed E-state index contributed by atoms with van der Waals surface area (Å²) in [4.78, 5) is 8.22. The molecule has 1 N–H and O–H groups in total. The minimum absolute atomic E-state index is 0.0283. The van der Waals surface area contributed by atoms with Gasteiger partial charge in [0.25, 0.3) is 0 Å². The maximum absolute atomic E-state index is 14.4. The first-order valence-corrected chi connectivity index (χ1v) is 9.43. The summed E-state index contributed by atoms with van der Waals surface area (Å²) in [5.74, 6) is -0.990. The monoisotopic (exact) mass is 426 g/mol. The number of benzene rings is 1. The molecule has 7 nitrogen and oxygen atoms in total. The van der Waals surface area contributed by atoms with Gasteiger partial charge in [0.1, 0.15) is 35.3 Å². The Bertz CT molecular complexity index is 1140. The molecule has 4 rings (SSSR count). The number of hydrogen-bond acceptors (Lipinski definition) is 7. The van der Waals surface area contributed by atoms with E-state index in [0.29, 0.717) is 0 Å². The third-order valence-corrected chi connectivity index (χ3v) is 5.32. The molecular weight excluding hydrogens is 409 g/mol. The lowest BCUT2D eigenvalue weighted by Gasteiger charge is -2.43. The van der Waals surface area contributed by atoms with Crippen molar-refractivity contribution in [3.05, 3.63) is 59.6 Å². The van der Waals surface area contributed by atoms with Crippen molar-refractivity contribution in [3.8, 4) is 23.1 Å². The predicted molar refractivity (Wildman–Crippen MR) is 105 cm³/mol. The molecule has 10 heteroatoms. The molecule has 31 heavy (non-hydrogen) atoms. The highest BCUT2D eigenvalue weighted by molar-refractivity contribution is 5.71. The van der Waals surface area contributed by atoms with Crippen LogP contribution in [-0.4, -0.2) is 40.0 Å². The molecule has 1 aromatic carbocycles. The topological polar surface area (TPSA) is 96.6 Å². The average Bonchev–Trinajstić information content (AvgIpc) is 2.76. The summed E-state index contributed by atoms with van der Waals surface area (Å²) in [5.41, 5.74) is -0.424. The lowest BCUT2D eigenvalue weighted by Crippen LogP contribution is -2.49. The summed E-state index contributed by atoms with van der Waals surface area (Å²) >= 11 is 0. The number of methoxy groups -OCH3 is 1. The Hall–Kier alpha value is -3.74. The van der Waals surface area contributed by atoms with E-state index in [9.17, 15) is 18.4 Å². The van der Waals surface area contributed by atoms with Gasteiger partial charge in [0.15, 0.2) is 0 Å². The lowest BCUT2D eigenvalue weighted by atomic mass is 9.65. The molecule has 158 valence electrons. The maximum atomic E-state index is 14.4. The first-order chi connectivity index (χ1) is 15.0. The SMILES string of the molecule is COc1c(C#N)ccc(F)c1-c1cnc(NCC2(c3ncccc3F)CC(F)C2)nn1. The Labute approximate surface area is 175 Å². The summed E-state index contributed by atoms with van der Waals surface area (Å²) in [6, 6.07) is 7.14. The van der Waals surface area contributed by atoms with Gasteiger partial charge in [-0.2, -0.15) is 5.26 Å². The van der Waals surface area contributed by atoms with Crippen LogP contribution in [0.4, 0.5) is 19.1 Å². The maximum Gasteiger partial charge on any atom is 0.242 e. The number of ether oxygens (including phenoxy) is 1. The third-order valence-electron chi connectivity index (χ3n) is 5.32. The molecule has 3 aromatic rings. The van der Waals surface area contributed by atoms with Crippen molar-refractivity contribution in [1.82, 2.24) is 20.2 Å². The zero-order valence-electron chi connectivity index (χ0n) is 16.4. The Morgan fingerprint density at radius 1 is 1.19 bits per heavy atom. The molecule has 0 atom stereocenters. The van der Waals surface area contributed by atoms with Gasteiger partial charge in [0.05, 0.1) is 30.1 Å². The van der Waals surface area contributed by atoms with Crippen molar-refractivity contribution in [2.75, 3.05) is 19.0 Å². The minimum atomic E-state index is -1.03. The van der Waals surface area contributed by atoms with Gasteiger partial charge in [0.2, 0.25) is 5.95 Å². The normalized spacial score (nSPS) is 19.9. The van der Waals surface area contributed by atoms with E-state index >= 15 is 0 Å². The quantitative estimate of drug-likeness (QED) is 0.644. The number of alkyl halides is 1. The highest BCUT2D eigenvalue weighted by atomic mass is 19.1. The van der Waals surface area contributed by atoms with Gasteiger partial charge in [-0.05, 0) is 37.1 Å². The Balaban J connectivity index is 1.56. The van der Waals surface area contributed by atoms with E-state index in [1.807, 2.05) is 6.07 Å². The fraction of sp³-hybridized carbons (Fsp3) is 0.286. The van der Waals surface area contributed by atoms with Crippen LogP contribution in [0.15, 0.2) is 36.7 Å². The second-order valence-corrected chi connectivity index (χ2v) is 7.26. The molecule has 0 aliphatic heterocycles. The van der Waals surface area contributed by atoms with Crippen molar-refractivity contribution in [2.24, 2.45) is 0 Å². The average molecular weight is 426 g/mol. The van der Waals surface area contributed by atoms with E-state index in [4.69, 9.17) is 4.74 Å². The molecule has 0 spiro atoms. The highest BCUT2D eigenvalue weighted by Crippen LogP contribution is 2.45. The van der Waals surface area contributed by atoms with Crippen molar-refractivity contribution >= 4 is 5.95 Å². The summed E-state index contributed by atoms with van der Waals surface area (Å²) in [5, 5.41) is 20.0. The van der Waals surface area contributed by atoms with E-state index in [2.05, 4.69) is 25.5 Å². The van der Waals surface area contributed by atoms with Crippen LogP contribution in [0.5, 0.6) is 5.75 Å². The molecule has 0 amide bonds. The molecule has 2 aromatic heterocycles. The smallest absolute Gasteiger partial charge is 0.242 e. The van der Waals surface area contributed by atoms with Crippen molar-refractivity contribution < 1.29 is 17.9 Å². The molecular formula is C21H17F3N6O. The van der Waals surface area contributed by atoms with Crippen LogP contribution in [0.1, 0.15) is 24.1 Å². The summed E-state index contributed by atoms with van der Waals surface area (Å²) in [6.07, 6.45) is 1.97. The second kappa shape index (κ2) is 8.18. The molecule has 0 radical (unpaired) electrons. The molecule has 0 saturated heterocycles. The zero-order valence-corrected chi connectivity index (χ0v) is 16.4. The van der Waals surface area contributed by atoms with E-state index in [0.717, 1.165) is 6.07 Å². The number of anilines is 1. The molecule has 1 aliphatic carbocycles. The van der Waals surface area contributed by atoms with Crippen LogP contribution in [0.25, 0.3) is 11.3 Å². The molecule has 1 fully saturated rings. The van der Waals surface area contributed by atoms with Gasteiger partial charge in [0, 0.05) is 18.2 Å². The summed E-state index contributed by atoms with van der Waals surface area (Å²) in [6.45, 7) is 0.157. The van der Waals surface area contributed by atoms with Gasteiger partial charge >= 0.3 is 0 Å².